The summed E-state index contributed by atoms with van der Waals surface area (Å²) in [5.41, 5.74) is -0.198. The van der Waals surface area contributed by atoms with E-state index in [0.717, 1.165) is 0 Å². The molecule has 0 saturated carbocycles. The number of sulfonamides is 1. The summed E-state index contributed by atoms with van der Waals surface area (Å²) < 4.78 is 39.5. The summed E-state index contributed by atoms with van der Waals surface area (Å²) in [7, 11) is -3.91. The van der Waals surface area contributed by atoms with Crippen LogP contribution in [0.2, 0.25) is 0 Å². The van der Waals surface area contributed by atoms with Crippen LogP contribution >= 0.6 is 0 Å². The highest BCUT2D eigenvalue weighted by Crippen LogP contribution is 2.34. The Kier molecular flexibility index (Phi) is 7.70. The van der Waals surface area contributed by atoms with Crippen LogP contribution in [0.4, 0.5) is 5.69 Å². The molecule has 2 aromatic rings. The molecule has 10 heteroatoms. The number of para-hydroxylation sites is 1. The van der Waals surface area contributed by atoms with E-state index < -0.39 is 27.3 Å². The lowest BCUT2D eigenvalue weighted by Gasteiger charge is -2.24. The first kappa shape index (κ1) is 26.8. The number of rotatable bonds is 9. The Hall–Kier alpha value is -3.24. The fraction of sp³-hybridized carbons (Fsp3) is 0.444. The predicted octanol–water partition coefficient (Wildman–Crippen LogP) is 3.57. The summed E-state index contributed by atoms with van der Waals surface area (Å²) in [5.74, 6) is -1.21. The lowest BCUT2D eigenvalue weighted by atomic mass is 10.1. The second-order valence-electron chi connectivity index (χ2n) is 10.2. The zero-order chi connectivity index (χ0) is 26.8. The van der Waals surface area contributed by atoms with Gasteiger partial charge in [-0.05, 0) is 70.4 Å². The molecule has 0 aromatic heterocycles. The molecular weight excluding hydrogens is 496 g/mol. The molecule has 0 bridgehead atoms. The molecule has 2 aromatic carbocycles. The van der Waals surface area contributed by atoms with Crippen molar-refractivity contribution < 1.29 is 32.3 Å². The molecule has 9 nitrogen and oxygen atoms in total. The van der Waals surface area contributed by atoms with Gasteiger partial charge < -0.3 is 14.4 Å². The summed E-state index contributed by atoms with van der Waals surface area (Å²) in [5, 5.41) is 0. The van der Waals surface area contributed by atoms with E-state index in [4.69, 9.17) is 9.47 Å². The van der Waals surface area contributed by atoms with Crippen LogP contribution in [0.3, 0.4) is 0 Å². The van der Waals surface area contributed by atoms with Crippen molar-refractivity contribution in [2.45, 2.75) is 63.0 Å². The minimum atomic E-state index is -3.91. The average Bonchev–Trinajstić information content (AvgIpc) is 3.41. The summed E-state index contributed by atoms with van der Waals surface area (Å²) in [4.78, 5) is 38.6. The molecule has 4 rings (SSSR count). The summed E-state index contributed by atoms with van der Waals surface area (Å²) in [6.07, 6.45) is 1.78. The van der Waals surface area contributed by atoms with E-state index in [9.17, 15) is 22.8 Å². The SMILES string of the molecule is CC(C)(C)OC(=O)CCCN1C(=O)C(=O)c2cc(S(=O)(=O)N3CCC[C@H]3COc3ccccc3)ccc21. The van der Waals surface area contributed by atoms with Crippen LogP contribution in [0.5, 0.6) is 5.75 Å². The molecule has 1 atom stereocenters. The number of esters is 1. The first-order valence-corrected chi connectivity index (χ1v) is 13.8. The van der Waals surface area contributed by atoms with Gasteiger partial charge in [-0.3, -0.25) is 14.4 Å². The Morgan fingerprint density at radius 3 is 2.51 bits per heavy atom. The maximum atomic E-state index is 13.5. The van der Waals surface area contributed by atoms with E-state index in [1.165, 1.54) is 27.4 Å². The number of benzene rings is 2. The van der Waals surface area contributed by atoms with Crippen molar-refractivity contribution >= 4 is 33.4 Å². The number of nitrogens with zero attached hydrogens (tertiary/aromatic N) is 2. The van der Waals surface area contributed by atoms with Crippen LogP contribution in [-0.4, -0.2) is 61.7 Å². The van der Waals surface area contributed by atoms with Gasteiger partial charge in [0.05, 0.1) is 22.2 Å². The van der Waals surface area contributed by atoms with Gasteiger partial charge >= 0.3 is 5.97 Å². The van der Waals surface area contributed by atoms with Crippen LogP contribution in [0, 0.1) is 0 Å². The smallest absolute Gasteiger partial charge is 0.306 e. The summed E-state index contributed by atoms with van der Waals surface area (Å²) >= 11 is 0. The molecule has 2 aliphatic rings. The maximum absolute atomic E-state index is 13.5. The first-order chi connectivity index (χ1) is 17.5. The van der Waals surface area contributed by atoms with E-state index in [1.54, 1.807) is 20.8 Å². The normalized spacial score (nSPS) is 18.2. The van der Waals surface area contributed by atoms with E-state index in [0.29, 0.717) is 37.2 Å². The topological polar surface area (TPSA) is 110 Å². The van der Waals surface area contributed by atoms with Crippen molar-refractivity contribution in [3.8, 4) is 5.75 Å². The van der Waals surface area contributed by atoms with Gasteiger partial charge in [0.25, 0.3) is 11.7 Å². The van der Waals surface area contributed by atoms with Crippen molar-refractivity contribution in [1.82, 2.24) is 4.31 Å². The highest BCUT2D eigenvalue weighted by Gasteiger charge is 2.40. The largest absolute Gasteiger partial charge is 0.492 e. The monoisotopic (exact) mass is 528 g/mol. The van der Waals surface area contributed by atoms with Crippen molar-refractivity contribution in [1.29, 1.82) is 0 Å². The number of carbonyl (C=O) groups is 3. The first-order valence-electron chi connectivity index (χ1n) is 12.4. The second-order valence-corrected chi connectivity index (χ2v) is 12.1. The number of Topliss-reactive ketones (excluding diaryl/α,β-unsaturated/α-hetero) is 1. The number of ether oxygens (including phenoxy) is 2. The third-order valence-corrected chi connectivity index (χ3v) is 8.19. The molecule has 37 heavy (non-hydrogen) atoms. The number of amides is 1. The zero-order valence-electron chi connectivity index (χ0n) is 21.3. The molecule has 0 unspecified atom stereocenters. The van der Waals surface area contributed by atoms with Gasteiger partial charge in [-0.1, -0.05) is 18.2 Å². The standard InChI is InChI=1S/C27H32N2O7S/c1-27(2,3)36-24(30)12-8-15-28-23-14-13-21(17-22(23)25(31)26(28)32)37(33,34)29-16-7-9-19(29)18-35-20-10-5-4-6-11-20/h4-6,10-11,13-14,17,19H,7-9,12,15-16,18H2,1-3H3/t19-/m0/s1. The van der Waals surface area contributed by atoms with Gasteiger partial charge in [0.15, 0.2) is 0 Å². The second kappa shape index (κ2) is 10.6. The molecule has 0 radical (unpaired) electrons. The van der Waals surface area contributed by atoms with Gasteiger partial charge in [0.1, 0.15) is 18.0 Å². The minimum Gasteiger partial charge on any atom is -0.492 e. The molecule has 198 valence electrons. The number of fused-ring (bicyclic) bond motifs is 1. The fourth-order valence-corrected chi connectivity index (χ4v) is 6.28. The van der Waals surface area contributed by atoms with Gasteiger partial charge in [0, 0.05) is 19.5 Å². The number of ketones is 1. The van der Waals surface area contributed by atoms with Gasteiger partial charge in [-0.2, -0.15) is 4.31 Å². The molecule has 0 N–H and O–H groups in total. The highest BCUT2D eigenvalue weighted by molar-refractivity contribution is 7.89. The predicted molar refractivity (Wildman–Crippen MR) is 137 cm³/mol. The summed E-state index contributed by atoms with van der Waals surface area (Å²) in [6.45, 7) is 6.04. The lowest BCUT2D eigenvalue weighted by molar-refractivity contribution is -0.154. The molecular formula is C27H32N2O7S. The van der Waals surface area contributed by atoms with Crippen LogP contribution in [0.1, 0.15) is 56.8 Å². The Morgan fingerprint density at radius 1 is 1.08 bits per heavy atom. The number of carbonyl (C=O) groups excluding carboxylic acids is 3. The quantitative estimate of drug-likeness (QED) is 0.361. The van der Waals surface area contributed by atoms with E-state index in [1.807, 2.05) is 30.3 Å². The van der Waals surface area contributed by atoms with Gasteiger partial charge in [-0.25, -0.2) is 8.42 Å². The zero-order valence-corrected chi connectivity index (χ0v) is 22.1. The maximum Gasteiger partial charge on any atom is 0.306 e. The molecule has 1 saturated heterocycles. The molecule has 0 spiro atoms. The van der Waals surface area contributed by atoms with Crippen LogP contribution in [0.25, 0.3) is 0 Å². The average molecular weight is 529 g/mol. The molecule has 2 aliphatic heterocycles. The Bertz CT molecular complexity index is 1290. The Balaban J connectivity index is 1.46. The van der Waals surface area contributed by atoms with Crippen LogP contribution in [-0.2, 0) is 24.3 Å². The van der Waals surface area contributed by atoms with Crippen LogP contribution in [0.15, 0.2) is 53.4 Å². The highest BCUT2D eigenvalue weighted by atomic mass is 32.2. The van der Waals surface area contributed by atoms with E-state index in [2.05, 4.69) is 0 Å². The number of hydrogen-bond donors (Lipinski definition) is 0. The molecule has 1 amide bonds. The lowest BCUT2D eigenvalue weighted by Crippen LogP contribution is -2.39. The third-order valence-electron chi connectivity index (χ3n) is 6.24. The van der Waals surface area contributed by atoms with E-state index in [-0.39, 0.29) is 42.0 Å². The molecule has 1 fully saturated rings. The molecule has 0 aliphatic carbocycles. The van der Waals surface area contributed by atoms with Crippen molar-refractivity contribution in [2.75, 3.05) is 24.6 Å². The Morgan fingerprint density at radius 2 is 1.81 bits per heavy atom. The summed E-state index contributed by atoms with van der Waals surface area (Å²) in [6, 6.07) is 13.1. The third kappa shape index (κ3) is 6.02. The minimum absolute atomic E-state index is 0.0328. The van der Waals surface area contributed by atoms with Crippen molar-refractivity contribution in [2.24, 2.45) is 0 Å². The van der Waals surface area contributed by atoms with Gasteiger partial charge in [-0.15, -0.1) is 0 Å². The fourth-order valence-electron chi connectivity index (χ4n) is 4.57. The van der Waals surface area contributed by atoms with Crippen molar-refractivity contribution in [3.63, 3.8) is 0 Å². The van der Waals surface area contributed by atoms with Crippen molar-refractivity contribution in [3.05, 3.63) is 54.1 Å². The van der Waals surface area contributed by atoms with Gasteiger partial charge in [0.2, 0.25) is 10.0 Å². The molecule has 2 heterocycles. The number of hydrogen-bond acceptors (Lipinski definition) is 7. The van der Waals surface area contributed by atoms with E-state index >= 15 is 0 Å². The Labute approximate surface area is 217 Å². The number of anilines is 1. The van der Waals surface area contributed by atoms with Crippen LogP contribution < -0.4 is 9.64 Å².